The number of aromatic nitrogens is 4. The van der Waals surface area contributed by atoms with Crippen LogP contribution in [0.3, 0.4) is 0 Å². The first kappa shape index (κ1) is 13.0. The second kappa shape index (κ2) is 5.58. The summed E-state index contributed by atoms with van der Waals surface area (Å²) in [7, 11) is 1.35. The largest absolute Gasteiger partial charge is 0.465 e. The van der Waals surface area contributed by atoms with Crippen LogP contribution in [0, 0.1) is 0 Å². The van der Waals surface area contributed by atoms with Crippen molar-refractivity contribution in [3.8, 4) is 11.6 Å². The third-order valence-corrected chi connectivity index (χ3v) is 2.89. The fourth-order valence-electron chi connectivity index (χ4n) is 1.84. The summed E-state index contributed by atoms with van der Waals surface area (Å²) in [4.78, 5) is 12.8. The first-order valence-corrected chi connectivity index (χ1v) is 6.25. The first-order chi connectivity index (χ1) is 10.3. The molecule has 2 aromatic heterocycles. The number of methoxy groups -OCH3 is 1. The fourth-order valence-corrected chi connectivity index (χ4v) is 1.84. The molecule has 7 nitrogen and oxygen atoms in total. The van der Waals surface area contributed by atoms with E-state index in [1.54, 1.807) is 30.5 Å². The smallest absolute Gasteiger partial charge is 0.337 e. The number of carbonyl (C=O) groups excluding carboxylic acids is 1. The number of nitrogens with zero attached hydrogens (tertiary/aromatic N) is 4. The number of benzene rings is 1. The molecule has 0 N–H and O–H groups in total. The number of hydrogen-bond acceptors (Lipinski definition) is 6. The van der Waals surface area contributed by atoms with E-state index in [2.05, 4.69) is 20.1 Å². The van der Waals surface area contributed by atoms with Crippen LogP contribution in [0.4, 0.5) is 0 Å². The molecule has 0 saturated heterocycles. The highest BCUT2D eigenvalue weighted by Gasteiger charge is 2.09. The molecule has 0 spiro atoms. The van der Waals surface area contributed by atoms with E-state index in [4.69, 9.17) is 4.42 Å². The molecule has 3 rings (SSSR count). The molecule has 0 saturated carbocycles. The summed E-state index contributed by atoms with van der Waals surface area (Å²) in [6, 6.07) is 10.6. The lowest BCUT2D eigenvalue weighted by Crippen LogP contribution is -2.05. The average molecular weight is 284 g/mol. The van der Waals surface area contributed by atoms with Crippen molar-refractivity contribution in [2.45, 2.75) is 6.54 Å². The summed E-state index contributed by atoms with van der Waals surface area (Å²) in [5.74, 6) is 0.647. The predicted octanol–water partition coefficient (Wildman–Crippen LogP) is 1.77. The number of hydrogen-bond donors (Lipinski definition) is 0. The van der Waals surface area contributed by atoms with Gasteiger partial charge < -0.3 is 9.15 Å². The molecule has 0 bridgehead atoms. The van der Waals surface area contributed by atoms with Crippen LogP contribution in [0.2, 0.25) is 0 Å². The maximum absolute atomic E-state index is 11.3. The standard InChI is InChI=1S/C14H12N4O3/c1-20-14(19)11-6-4-10(5-7-11)9-18-16-13(15-17-18)12-3-2-8-21-12/h2-8H,9H2,1H3. The molecule has 0 aliphatic rings. The molecular formula is C14H12N4O3. The Bertz CT molecular complexity index is 732. The summed E-state index contributed by atoms with van der Waals surface area (Å²) < 4.78 is 9.86. The molecule has 2 heterocycles. The molecule has 0 aliphatic heterocycles. The minimum atomic E-state index is -0.361. The maximum atomic E-state index is 11.3. The van der Waals surface area contributed by atoms with E-state index in [9.17, 15) is 4.79 Å². The van der Waals surface area contributed by atoms with Crippen molar-refractivity contribution in [3.05, 3.63) is 53.8 Å². The Kier molecular flexibility index (Phi) is 3.46. The van der Waals surface area contributed by atoms with Crippen molar-refractivity contribution in [3.63, 3.8) is 0 Å². The van der Waals surface area contributed by atoms with Gasteiger partial charge in [-0.25, -0.2) is 4.79 Å². The minimum absolute atomic E-state index is 0.361. The topological polar surface area (TPSA) is 83.0 Å². The van der Waals surface area contributed by atoms with Gasteiger partial charge in [-0.2, -0.15) is 4.80 Å². The zero-order chi connectivity index (χ0) is 14.7. The lowest BCUT2D eigenvalue weighted by Gasteiger charge is -2.02. The summed E-state index contributed by atoms with van der Waals surface area (Å²) in [5.41, 5.74) is 1.45. The lowest BCUT2D eigenvalue weighted by molar-refractivity contribution is 0.0600. The van der Waals surface area contributed by atoms with E-state index in [1.165, 1.54) is 11.9 Å². The number of tetrazole rings is 1. The molecule has 0 atom stereocenters. The van der Waals surface area contributed by atoms with Crippen molar-refractivity contribution in [2.75, 3.05) is 7.11 Å². The molecule has 0 amide bonds. The second-order valence-corrected chi connectivity index (χ2v) is 4.31. The van der Waals surface area contributed by atoms with E-state index in [0.29, 0.717) is 23.7 Å². The van der Waals surface area contributed by atoms with Gasteiger partial charge in [-0.1, -0.05) is 12.1 Å². The molecule has 0 radical (unpaired) electrons. The van der Waals surface area contributed by atoms with Gasteiger partial charge in [0.2, 0.25) is 5.82 Å². The highest BCUT2D eigenvalue weighted by atomic mass is 16.5. The molecule has 1 aromatic carbocycles. The van der Waals surface area contributed by atoms with E-state index in [1.807, 2.05) is 12.1 Å². The summed E-state index contributed by atoms with van der Waals surface area (Å²) in [6.45, 7) is 0.454. The van der Waals surface area contributed by atoms with Crippen LogP contribution in [0.5, 0.6) is 0 Å². The van der Waals surface area contributed by atoms with Gasteiger partial charge in [0.15, 0.2) is 5.76 Å². The molecule has 106 valence electrons. The molecule has 3 aromatic rings. The van der Waals surface area contributed by atoms with E-state index in [-0.39, 0.29) is 5.97 Å². The number of furan rings is 1. The summed E-state index contributed by atoms with van der Waals surface area (Å²) >= 11 is 0. The minimum Gasteiger partial charge on any atom is -0.465 e. The Labute approximate surface area is 120 Å². The summed E-state index contributed by atoms with van der Waals surface area (Å²) in [6.07, 6.45) is 1.56. The van der Waals surface area contributed by atoms with E-state index < -0.39 is 0 Å². The zero-order valence-corrected chi connectivity index (χ0v) is 11.3. The normalized spacial score (nSPS) is 10.5. The fraction of sp³-hybridized carbons (Fsp3) is 0.143. The molecule has 21 heavy (non-hydrogen) atoms. The van der Waals surface area contributed by atoms with Crippen molar-refractivity contribution in [2.24, 2.45) is 0 Å². The number of ether oxygens (including phenoxy) is 1. The lowest BCUT2D eigenvalue weighted by atomic mass is 10.1. The SMILES string of the molecule is COC(=O)c1ccc(Cn2nnc(-c3ccco3)n2)cc1. The maximum Gasteiger partial charge on any atom is 0.337 e. The van der Waals surface area contributed by atoms with Crippen molar-refractivity contribution < 1.29 is 13.9 Å². The van der Waals surface area contributed by atoms with Gasteiger partial charge in [0.1, 0.15) is 0 Å². The van der Waals surface area contributed by atoms with Gasteiger partial charge in [-0.3, -0.25) is 0 Å². The Hall–Kier alpha value is -2.96. The van der Waals surface area contributed by atoms with Gasteiger partial charge in [0.05, 0.1) is 25.5 Å². The highest BCUT2D eigenvalue weighted by Crippen LogP contribution is 2.13. The number of rotatable bonds is 4. The van der Waals surface area contributed by atoms with Crippen LogP contribution < -0.4 is 0 Å². The van der Waals surface area contributed by atoms with Crippen LogP contribution in [0.1, 0.15) is 15.9 Å². The quantitative estimate of drug-likeness (QED) is 0.679. The van der Waals surface area contributed by atoms with Crippen LogP contribution >= 0.6 is 0 Å². The Morgan fingerprint density at radius 2 is 2.10 bits per heavy atom. The van der Waals surface area contributed by atoms with Crippen LogP contribution in [0.25, 0.3) is 11.6 Å². The Morgan fingerprint density at radius 1 is 1.29 bits per heavy atom. The van der Waals surface area contributed by atoms with Gasteiger partial charge in [-0.15, -0.1) is 10.2 Å². The average Bonchev–Trinajstić information content (AvgIpc) is 3.18. The Balaban J connectivity index is 1.73. The summed E-state index contributed by atoms with van der Waals surface area (Å²) in [5, 5.41) is 12.1. The van der Waals surface area contributed by atoms with Crippen LogP contribution in [-0.4, -0.2) is 33.3 Å². The van der Waals surface area contributed by atoms with Crippen molar-refractivity contribution in [1.82, 2.24) is 20.2 Å². The first-order valence-electron chi connectivity index (χ1n) is 6.25. The molecule has 7 heteroatoms. The predicted molar refractivity (Wildman–Crippen MR) is 72.4 cm³/mol. The zero-order valence-electron chi connectivity index (χ0n) is 11.3. The van der Waals surface area contributed by atoms with Crippen molar-refractivity contribution in [1.29, 1.82) is 0 Å². The molecule has 0 unspecified atom stereocenters. The third kappa shape index (κ3) is 2.81. The molecular weight excluding hydrogens is 272 g/mol. The Morgan fingerprint density at radius 3 is 2.76 bits per heavy atom. The number of carbonyl (C=O) groups is 1. The van der Waals surface area contributed by atoms with Crippen LogP contribution in [-0.2, 0) is 11.3 Å². The van der Waals surface area contributed by atoms with Gasteiger partial charge in [0, 0.05) is 0 Å². The number of esters is 1. The van der Waals surface area contributed by atoms with E-state index in [0.717, 1.165) is 5.56 Å². The third-order valence-electron chi connectivity index (χ3n) is 2.89. The van der Waals surface area contributed by atoms with Crippen LogP contribution in [0.15, 0.2) is 47.1 Å². The molecule has 0 fully saturated rings. The highest BCUT2D eigenvalue weighted by molar-refractivity contribution is 5.89. The van der Waals surface area contributed by atoms with Gasteiger partial charge >= 0.3 is 5.97 Å². The molecule has 0 aliphatic carbocycles. The van der Waals surface area contributed by atoms with E-state index >= 15 is 0 Å². The van der Waals surface area contributed by atoms with Gasteiger partial charge in [-0.05, 0) is 35.0 Å². The van der Waals surface area contributed by atoms with Crippen molar-refractivity contribution >= 4 is 5.97 Å². The second-order valence-electron chi connectivity index (χ2n) is 4.31. The monoisotopic (exact) mass is 284 g/mol. The van der Waals surface area contributed by atoms with Gasteiger partial charge in [0.25, 0.3) is 0 Å².